The van der Waals surface area contributed by atoms with E-state index in [2.05, 4.69) is 19.8 Å². The first kappa shape index (κ1) is 13.7. The Hall–Kier alpha value is -2.22. The van der Waals surface area contributed by atoms with Crippen LogP contribution < -0.4 is 0 Å². The highest BCUT2D eigenvalue weighted by atomic mass is 32.2. The van der Waals surface area contributed by atoms with Crippen LogP contribution in [0.3, 0.4) is 0 Å². The molecule has 0 amide bonds. The topological polar surface area (TPSA) is 62.1 Å². The SMILES string of the molecule is COOSc1nccc(-n2ccnc2-c2ccccc2)n1. The summed E-state index contributed by atoms with van der Waals surface area (Å²) in [7, 11) is 1.43. The van der Waals surface area contributed by atoms with Crippen LogP contribution in [0.5, 0.6) is 0 Å². The molecule has 0 saturated heterocycles. The molecule has 0 aliphatic carbocycles. The van der Waals surface area contributed by atoms with E-state index in [0.29, 0.717) is 11.0 Å². The Morgan fingerprint density at radius 1 is 1.05 bits per heavy atom. The third-order valence-corrected chi connectivity index (χ3v) is 3.26. The molecule has 7 heteroatoms. The van der Waals surface area contributed by atoms with Crippen molar-refractivity contribution in [1.29, 1.82) is 0 Å². The zero-order chi connectivity index (χ0) is 14.5. The Morgan fingerprint density at radius 2 is 1.90 bits per heavy atom. The van der Waals surface area contributed by atoms with Gasteiger partial charge >= 0.3 is 0 Å². The smallest absolute Gasteiger partial charge is 0.220 e. The predicted octanol–water partition coefficient (Wildman–Crippen LogP) is 2.91. The zero-order valence-corrected chi connectivity index (χ0v) is 12.0. The number of hydrogen-bond donors (Lipinski definition) is 0. The minimum Gasteiger partial charge on any atom is -0.284 e. The van der Waals surface area contributed by atoms with Crippen molar-refractivity contribution < 1.29 is 9.22 Å². The van der Waals surface area contributed by atoms with E-state index in [1.54, 1.807) is 12.4 Å². The summed E-state index contributed by atoms with van der Waals surface area (Å²) >= 11 is 0.955. The van der Waals surface area contributed by atoms with Gasteiger partial charge in [-0.05, 0) is 6.07 Å². The summed E-state index contributed by atoms with van der Waals surface area (Å²) in [5.41, 5.74) is 1.02. The molecule has 0 atom stereocenters. The van der Waals surface area contributed by atoms with Gasteiger partial charge in [-0.15, -0.1) is 0 Å². The Balaban J connectivity index is 1.97. The van der Waals surface area contributed by atoms with Crippen LogP contribution in [0.2, 0.25) is 0 Å². The Morgan fingerprint density at radius 3 is 2.71 bits per heavy atom. The molecule has 3 rings (SSSR count). The van der Waals surface area contributed by atoms with Crippen molar-refractivity contribution in [2.45, 2.75) is 5.16 Å². The van der Waals surface area contributed by atoms with E-state index in [1.165, 1.54) is 7.11 Å². The van der Waals surface area contributed by atoms with Gasteiger partial charge in [0.25, 0.3) is 0 Å². The molecule has 0 unspecified atom stereocenters. The molecule has 3 aromatic rings. The molecule has 106 valence electrons. The van der Waals surface area contributed by atoms with Gasteiger partial charge in [-0.3, -0.25) is 4.57 Å². The predicted molar refractivity (Wildman–Crippen MR) is 78.5 cm³/mol. The Bertz CT molecular complexity index is 718. The van der Waals surface area contributed by atoms with Crippen molar-refractivity contribution in [1.82, 2.24) is 19.5 Å². The number of imidazole rings is 1. The second kappa shape index (κ2) is 6.49. The van der Waals surface area contributed by atoms with E-state index in [9.17, 15) is 0 Å². The fraction of sp³-hybridized carbons (Fsp3) is 0.0714. The summed E-state index contributed by atoms with van der Waals surface area (Å²) in [5, 5.41) is 0.460. The van der Waals surface area contributed by atoms with Crippen LogP contribution in [-0.2, 0) is 9.22 Å². The second-order valence-corrected chi connectivity index (χ2v) is 4.67. The number of benzene rings is 1. The number of hydrogen-bond acceptors (Lipinski definition) is 6. The molecule has 0 aliphatic heterocycles. The van der Waals surface area contributed by atoms with E-state index >= 15 is 0 Å². The lowest BCUT2D eigenvalue weighted by Gasteiger charge is -2.07. The summed E-state index contributed by atoms with van der Waals surface area (Å²) in [6.07, 6.45) is 5.26. The summed E-state index contributed by atoms with van der Waals surface area (Å²) in [6.45, 7) is 0. The van der Waals surface area contributed by atoms with E-state index in [4.69, 9.17) is 4.33 Å². The number of rotatable bonds is 5. The van der Waals surface area contributed by atoms with Crippen LogP contribution in [0.1, 0.15) is 0 Å². The molecule has 0 radical (unpaired) electrons. The molecule has 0 bridgehead atoms. The third-order valence-electron chi connectivity index (χ3n) is 2.71. The summed E-state index contributed by atoms with van der Waals surface area (Å²) < 4.78 is 6.67. The quantitative estimate of drug-likeness (QED) is 0.312. The molecular weight excluding hydrogens is 288 g/mol. The summed E-state index contributed by atoms with van der Waals surface area (Å²) in [6, 6.07) is 11.7. The lowest BCUT2D eigenvalue weighted by molar-refractivity contribution is -0.160. The number of aromatic nitrogens is 4. The van der Waals surface area contributed by atoms with E-state index in [1.807, 2.05) is 47.2 Å². The average molecular weight is 300 g/mol. The molecule has 2 aromatic heterocycles. The maximum atomic E-state index is 4.77. The van der Waals surface area contributed by atoms with Crippen molar-refractivity contribution in [3.8, 4) is 17.2 Å². The first-order valence-electron chi connectivity index (χ1n) is 6.18. The van der Waals surface area contributed by atoms with Gasteiger partial charge in [-0.25, -0.2) is 19.8 Å². The number of nitrogens with zero attached hydrogens (tertiary/aromatic N) is 4. The highest BCUT2D eigenvalue weighted by Gasteiger charge is 2.09. The fourth-order valence-corrected chi connectivity index (χ4v) is 2.22. The molecule has 0 saturated carbocycles. The fourth-order valence-electron chi connectivity index (χ4n) is 1.86. The first-order valence-corrected chi connectivity index (χ1v) is 6.92. The highest BCUT2D eigenvalue weighted by Crippen LogP contribution is 2.21. The van der Waals surface area contributed by atoms with Gasteiger partial charge in [0, 0.05) is 24.2 Å². The van der Waals surface area contributed by atoms with Crippen molar-refractivity contribution in [2.75, 3.05) is 7.11 Å². The zero-order valence-electron chi connectivity index (χ0n) is 11.2. The van der Waals surface area contributed by atoms with Gasteiger partial charge in [0.1, 0.15) is 23.7 Å². The maximum Gasteiger partial charge on any atom is 0.220 e. The van der Waals surface area contributed by atoms with Gasteiger partial charge in [-0.2, -0.15) is 4.33 Å². The monoisotopic (exact) mass is 300 g/mol. The van der Waals surface area contributed by atoms with Gasteiger partial charge in [0.2, 0.25) is 5.16 Å². The lowest BCUT2D eigenvalue weighted by atomic mass is 10.2. The van der Waals surface area contributed by atoms with Crippen LogP contribution in [0.25, 0.3) is 17.2 Å². The van der Waals surface area contributed by atoms with Crippen LogP contribution in [0, 0.1) is 0 Å². The first-order chi connectivity index (χ1) is 10.4. The standard InChI is InChI=1S/C14H12N4O2S/c1-19-20-21-14-16-8-7-12(17-14)18-10-9-15-13(18)11-5-3-2-4-6-11/h2-10H,1H3. The van der Waals surface area contributed by atoms with Crippen molar-refractivity contribution in [3.63, 3.8) is 0 Å². The lowest BCUT2D eigenvalue weighted by Crippen LogP contribution is -2.01. The second-order valence-electron chi connectivity index (χ2n) is 4.00. The minimum atomic E-state index is 0.460. The Labute approximate surface area is 125 Å². The highest BCUT2D eigenvalue weighted by molar-refractivity contribution is 7.94. The maximum absolute atomic E-state index is 4.77. The van der Waals surface area contributed by atoms with E-state index in [0.717, 1.165) is 23.4 Å². The molecule has 0 fully saturated rings. The van der Waals surface area contributed by atoms with Crippen molar-refractivity contribution >= 4 is 12.0 Å². The van der Waals surface area contributed by atoms with Crippen molar-refractivity contribution in [2.24, 2.45) is 0 Å². The van der Waals surface area contributed by atoms with Gasteiger partial charge in [-0.1, -0.05) is 30.3 Å². The minimum absolute atomic E-state index is 0.460. The van der Waals surface area contributed by atoms with Crippen LogP contribution >= 0.6 is 12.0 Å². The molecule has 6 nitrogen and oxygen atoms in total. The average Bonchev–Trinajstić information content (AvgIpc) is 3.04. The van der Waals surface area contributed by atoms with Crippen LogP contribution in [0.15, 0.2) is 60.1 Å². The molecule has 0 N–H and O–H groups in total. The van der Waals surface area contributed by atoms with Gasteiger partial charge in [0.05, 0.1) is 7.11 Å². The van der Waals surface area contributed by atoms with E-state index < -0.39 is 0 Å². The van der Waals surface area contributed by atoms with Gasteiger partial charge in [0.15, 0.2) is 0 Å². The molecule has 1 aromatic carbocycles. The third kappa shape index (κ3) is 3.10. The van der Waals surface area contributed by atoms with Crippen LogP contribution in [0.4, 0.5) is 0 Å². The van der Waals surface area contributed by atoms with Crippen molar-refractivity contribution in [3.05, 3.63) is 55.0 Å². The molecule has 0 spiro atoms. The van der Waals surface area contributed by atoms with E-state index in [-0.39, 0.29) is 0 Å². The largest absolute Gasteiger partial charge is 0.284 e. The van der Waals surface area contributed by atoms with Crippen LogP contribution in [-0.4, -0.2) is 26.6 Å². The molecule has 0 aliphatic rings. The normalized spacial score (nSPS) is 10.7. The molecular formula is C14H12N4O2S. The summed E-state index contributed by atoms with van der Waals surface area (Å²) in [4.78, 5) is 17.4. The summed E-state index contributed by atoms with van der Waals surface area (Å²) in [5.74, 6) is 1.53. The Kier molecular flexibility index (Phi) is 4.25. The molecule has 21 heavy (non-hydrogen) atoms. The van der Waals surface area contributed by atoms with Gasteiger partial charge < -0.3 is 0 Å². The molecule has 2 heterocycles.